The third-order valence-corrected chi connectivity index (χ3v) is 2.52. The standard InChI is InChI=1S/C9H12N2O5/c12-3-5-7(14)8(15)9(16-5)11-2-1-6(13)10-4-11/h1-2,4-5,7-9,12,14-15H,3H2/t5-,7?,8?,9-/m0/s1. The van der Waals surface area contributed by atoms with E-state index in [0.717, 1.165) is 0 Å². The van der Waals surface area contributed by atoms with Gasteiger partial charge in [-0.15, -0.1) is 0 Å². The third-order valence-electron chi connectivity index (χ3n) is 2.52. The maximum atomic E-state index is 10.8. The van der Waals surface area contributed by atoms with Crippen LogP contribution in [0.5, 0.6) is 0 Å². The monoisotopic (exact) mass is 228 g/mol. The molecule has 1 aliphatic rings. The van der Waals surface area contributed by atoms with Gasteiger partial charge in [0, 0.05) is 12.3 Å². The fraction of sp³-hybridized carbons (Fsp3) is 0.556. The normalized spacial score (nSPS) is 34.2. The number of hydrogen-bond acceptors (Lipinski definition) is 6. The lowest BCUT2D eigenvalue weighted by molar-refractivity contribution is -0.0534. The zero-order valence-corrected chi connectivity index (χ0v) is 8.30. The van der Waals surface area contributed by atoms with Crippen molar-refractivity contribution in [3.63, 3.8) is 0 Å². The van der Waals surface area contributed by atoms with Gasteiger partial charge in [0.05, 0.1) is 6.61 Å². The lowest BCUT2D eigenvalue weighted by atomic mass is 10.1. The van der Waals surface area contributed by atoms with Gasteiger partial charge in [0.25, 0.3) is 5.56 Å². The van der Waals surface area contributed by atoms with Gasteiger partial charge in [0.15, 0.2) is 6.23 Å². The Labute approximate surface area is 90.6 Å². The molecular formula is C9H12N2O5. The first kappa shape index (κ1) is 11.2. The van der Waals surface area contributed by atoms with Gasteiger partial charge in [0.2, 0.25) is 0 Å². The van der Waals surface area contributed by atoms with E-state index in [2.05, 4.69) is 4.98 Å². The third kappa shape index (κ3) is 1.85. The second kappa shape index (κ2) is 4.30. The number of ether oxygens (including phenoxy) is 1. The summed E-state index contributed by atoms with van der Waals surface area (Å²) in [5.41, 5.74) is -0.400. The summed E-state index contributed by atoms with van der Waals surface area (Å²) in [5, 5.41) is 28.1. The van der Waals surface area contributed by atoms with Crippen molar-refractivity contribution < 1.29 is 20.1 Å². The number of rotatable bonds is 2. The van der Waals surface area contributed by atoms with E-state index < -0.39 is 30.1 Å². The van der Waals surface area contributed by atoms with E-state index in [-0.39, 0.29) is 6.61 Å². The van der Waals surface area contributed by atoms with Crippen molar-refractivity contribution in [2.45, 2.75) is 24.5 Å². The van der Waals surface area contributed by atoms with E-state index in [4.69, 9.17) is 9.84 Å². The molecule has 0 amide bonds. The lowest BCUT2D eigenvalue weighted by Gasteiger charge is -2.17. The Hall–Kier alpha value is -1.28. The van der Waals surface area contributed by atoms with E-state index in [1.54, 1.807) is 0 Å². The Morgan fingerprint density at radius 3 is 2.69 bits per heavy atom. The second-order valence-corrected chi connectivity index (χ2v) is 3.57. The molecule has 1 aliphatic heterocycles. The van der Waals surface area contributed by atoms with Crippen molar-refractivity contribution in [2.75, 3.05) is 6.61 Å². The topological polar surface area (TPSA) is 105 Å². The van der Waals surface area contributed by atoms with Crippen LogP contribution in [0.15, 0.2) is 23.4 Å². The summed E-state index contributed by atoms with van der Waals surface area (Å²) >= 11 is 0. The minimum absolute atomic E-state index is 0.387. The van der Waals surface area contributed by atoms with Gasteiger partial charge in [0.1, 0.15) is 24.6 Å². The molecule has 7 nitrogen and oxygen atoms in total. The van der Waals surface area contributed by atoms with Gasteiger partial charge in [-0.1, -0.05) is 0 Å². The molecule has 1 saturated heterocycles. The highest BCUT2D eigenvalue weighted by molar-refractivity contribution is 4.92. The molecule has 7 heteroatoms. The Morgan fingerprint density at radius 2 is 2.19 bits per heavy atom. The minimum Gasteiger partial charge on any atom is -0.394 e. The molecule has 0 spiro atoms. The molecule has 1 fully saturated rings. The summed E-state index contributed by atoms with van der Waals surface area (Å²) in [7, 11) is 0. The maximum Gasteiger partial charge on any atom is 0.272 e. The van der Waals surface area contributed by atoms with E-state index in [0.29, 0.717) is 0 Å². The minimum atomic E-state index is -1.17. The molecular weight excluding hydrogens is 216 g/mol. The molecule has 2 unspecified atom stereocenters. The molecule has 1 aromatic rings. The van der Waals surface area contributed by atoms with Crippen LogP contribution in [0, 0.1) is 0 Å². The summed E-state index contributed by atoms with van der Waals surface area (Å²) in [5.74, 6) is 0. The van der Waals surface area contributed by atoms with Gasteiger partial charge in [-0.05, 0) is 0 Å². The van der Waals surface area contributed by atoms with Gasteiger partial charge in [-0.2, -0.15) is 4.98 Å². The van der Waals surface area contributed by atoms with Crippen molar-refractivity contribution >= 4 is 0 Å². The summed E-state index contributed by atoms with van der Waals surface area (Å²) in [6, 6.07) is 1.22. The summed E-state index contributed by atoms with van der Waals surface area (Å²) in [6.45, 7) is -0.387. The number of hydrogen-bond donors (Lipinski definition) is 3. The van der Waals surface area contributed by atoms with Crippen molar-refractivity contribution in [2.24, 2.45) is 0 Å². The molecule has 16 heavy (non-hydrogen) atoms. The van der Waals surface area contributed by atoms with Crippen LogP contribution in [-0.4, -0.2) is 49.8 Å². The largest absolute Gasteiger partial charge is 0.394 e. The fourth-order valence-electron chi connectivity index (χ4n) is 1.63. The highest BCUT2D eigenvalue weighted by Crippen LogP contribution is 2.28. The molecule has 2 heterocycles. The summed E-state index contributed by atoms with van der Waals surface area (Å²) < 4.78 is 6.60. The predicted molar refractivity (Wildman–Crippen MR) is 51.5 cm³/mol. The van der Waals surface area contributed by atoms with Gasteiger partial charge >= 0.3 is 0 Å². The second-order valence-electron chi connectivity index (χ2n) is 3.57. The Morgan fingerprint density at radius 1 is 1.44 bits per heavy atom. The van der Waals surface area contributed by atoms with Crippen LogP contribution in [0.3, 0.4) is 0 Å². The first-order chi connectivity index (χ1) is 7.63. The first-order valence-corrected chi connectivity index (χ1v) is 4.79. The Bertz CT molecular complexity index is 400. The van der Waals surface area contributed by atoms with Crippen molar-refractivity contribution in [1.29, 1.82) is 0 Å². The van der Waals surface area contributed by atoms with Crippen LogP contribution in [-0.2, 0) is 4.74 Å². The van der Waals surface area contributed by atoms with Gasteiger partial charge < -0.3 is 24.6 Å². The lowest BCUT2D eigenvalue weighted by Crippen LogP contribution is -2.33. The molecule has 4 atom stereocenters. The predicted octanol–water partition coefficient (Wildman–Crippen LogP) is -2.15. The molecule has 1 aromatic heterocycles. The molecule has 0 aromatic carbocycles. The number of aliphatic hydroxyl groups is 3. The SMILES string of the molecule is O=c1ccn([C@H]2O[C@@H](CO)C(O)C2O)cn1. The van der Waals surface area contributed by atoms with Crippen LogP contribution < -0.4 is 5.56 Å². The average Bonchev–Trinajstić information content (AvgIpc) is 2.57. The molecule has 0 saturated carbocycles. The molecule has 3 N–H and O–H groups in total. The Kier molecular flexibility index (Phi) is 3.01. The van der Waals surface area contributed by atoms with Crippen LogP contribution in [0.4, 0.5) is 0 Å². The van der Waals surface area contributed by atoms with Gasteiger partial charge in [-0.25, -0.2) is 0 Å². The average molecular weight is 228 g/mol. The number of aromatic nitrogens is 2. The summed E-state index contributed by atoms with van der Waals surface area (Å²) in [6.07, 6.45) is -1.39. The van der Waals surface area contributed by atoms with Crippen LogP contribution >= 0.6 is 0 Å². The van der Waals surface area contributed by atoms with E-state index in [1.807, 2.05) is 0 Å². The molecule has 0 aliphatic carbocycles. The molecule has 0 bridgehead atoms. The van der Waals surface area contributed by atoms with Crippen LogP contribution in [0.2, 0.25) is 0 Å². The fourth-order valence-corrected chi connectivity index (χ4v) is 1.63. The quantitative estimate of drug-likeness (QED) is 0.533. The molecule has 0 radical (unpaired) electrons. The Balaban J connectivity index is 2.22. The number of aliphatic hydroxyl groups excluding tert-OH is 3. The molecule has 88 valence electrons. The zero-order valence-electron chi connectivity index (χ0n) is 8.30. The van der Waals surface area contributed by atoms with Crippen molar-refractivity contribution in [1.82, 2.24) is 9.55 Å². The van der Waals surface area contributed by atoms with Crippen molar-refractivity contribution in [3.8, 4) is 0 Å². The van der Waals surface area contributed by atoms with Gasteiger partial charge in [-0.3, -0.25) is 4.79 Å². The highest BCUT2D eigenvalue weighted by Gasteiger charge is 2.42. The smallest absolute Gasteiger partial charge is 0.272 e. The van der Waals surface area contributed by atoms with Crippen molar-refractivity contribution in [3.05, 3.63) is 28.9 Å². The van der Waals surface area contributed by atoms with E-state index >= 15 is 0 Å². The van der Waals surface area contributed by atoms with E-state index in [1.165, 1.54) is 23.2 Å². The summed E-state index contributed by atoms with van der Waals surface area (Å²) in [4.78, 5) is 14.3. The zero-order chi connectivity index (χ0) is 11.7. The first-order valence-electron chi connectivity index (χ1n) is 4.79. The molecule has 2 rings (SSSR count). The highest BCUT2D eigenvalue weighted by atomic mass is 16.6. The van der Waals surface area contributed by atoms with Crippen LogP contribution in [0.1, 0.15) is 6.23 Å². The number of nitrogens with zero attached hydrogens (tertiary/aromatic N) is 2. The van der Waals surface area contributed by atoms with Crippen LogP contribution in [0.25, 0.3) is 0 Å². The maximum absolute atomic E-state index is 10.8. The van der Waals surface area contributed by atoms with E-state index in [9.17, 15) is 15.0 Å².